The second-order valence-corrected chi connectivity index (χ2v) is 11.5. The molecule has 50 heavy (non-hydrogen) atoms. The molecule has 0 saturated carbocycles. The Bertz CT molecular complexity index is 2000. The molecule has 5 rings (SSSR count). The number of nitriles is 2. The molecule has 5 aromatic rings. The Morgan fingerprint density at radius 2 is 0.900 bits per heavy atom. The number of hydrogen-bond donors (Lipinski definition) is 0. The maximum Gasteiger partial charge on any atom is 0.342 e. The minimum atomic E-state index is -1.44. The molecule has 0 aliphatic heterocycles. The van der Waals surface area contributed by atoms with Crippen LogP contribution in [0.25, 0.3) is 22.3 Å². The summed E-state index contributed by atoms with van der Waals surface area (Å²) in [6.07, 6.45) is -1.08. The Kier molecular flexibility index (Phi) is 10.5. The molecule has 0 aromatic heterocycles. The molecule has 0 bridgehead atoms. The Morgan fingerprint density at radius 1 is 0.540 bits per heavy atom. The molecule has 0 atom stereocenters. The first kappa shape index (κ1) is 34.8. The van der Waals surface area contributed by atoms with Crippen LogP contribution in [0.15, 0.2) is 97.1 Å². The average Bonchev–Trinajstić information content (AvgIpc) is 3.11. The summed E-state index contributed by atoms with van der Waals surface area (Å²) in [6.45, 7) is 6.58. The summed E-state index contributed by atoms with van der Waals surface area (Å²) in [5, 5.41) is 19.7. The molecule has 5 aromatic carbocycles. The standard InChI is InChI=1S/C40H30F2N2O6/c1-23(2)47-39(45)29-19-11-17-27(25-13-7-5-8-14-25)35(29)49-37-33(41)31(21-43)32(22-44)34(42)38(37)50-36-28(26-15-9-6-10-16-26)18-12-20-30(36)40(46)48-24(3)4/h5-20,23-24H,1-4H3. The minimum Gasteiger partial charge on any atom is -0.459 e. The van der Waals surface area contributed by atoms with Gasteiger partial charge in [0.2, 0.25) is 11.5 Å². The van der Waals surface area contributed by atoms with Gasteiger partial charge >= 0.3 is 11.9 Å². The Balaban J connectivity index is 1.82. The molecule has 0 unspecified atom stereocenters. The van der Waals surface area contributed by atoms with Crippen molar-refractivity contribution in [3.8, 4) is 57.4 Å². The second kappa shape index (κ2) is 15.1. The van der Waals surface area contributed by atoms with E-state index >= 15 is 8.78 Å². The van der Waals surface area contributed by atoms with E-state index in [-0.39, 0.29) is 22.6 Å². The van der Waals surface area contributed by atoms with Crippen LogP contribution in [0.3, 0.4) is 0 Å². The van der Waals surface area contributed by atoms with E-state index in [4.69, 9.17) is 18.9 Å². The van der Waals surface area contributed by atoms with Crippen molar-refractivity contribution >= 4 is 11.9 Å². The van der Waals surface area contributed by atoms with Crippen LogP contribution in [-0.4, -0.2) is 24.1 Å². The number of carbonyl (C=O) groups excluding carboxylic acids is 2. The zero-order valence-corrected chi connectivity index (χ0v) is 27.5. The van der Waals surface area contributed by atoms with Gasteiger partial charge in [0.15, 0.2) is 11.6 Å². The lowest BCUT2D eigenvalue weighted by atomic mass is 10.0. The van der Waals surface area contributed by atoms with Gasteiger partial charge < -0.3 is 18.9 Å². The van der Waals surface area contributed by atoms with Crippen LogP contribution in [-0.2, 0) is 9.47 Å². The molecule has 0 radical (unpaired) electrons. The quantitative estimate of drug-likeness (QED) is 0.135. The van der Waals surface area contributed by atoms with Crippen molar-refractivity contribution in [2.75, 3.05) is 0 Å². The first-order valence-corrected chi connectivity index (χ1v) is 15.5. The first-order valence-electron chi connectivity index (χ1n) is 15.5. The molecule has 0 amide bonds. The van der Waals surface area contributed by atoms with Crippen molar-refractivity contribution in [1.29, 1.82) is 10.5 Å². The van der Waals surface area contributed by atoms with E-state index in [1.54, 1.807) is 113 Å². The van der Waals surface area contributed by atoms with Gasteiger partial charge in [-0.3, -0.25) is 0 Å². The number of rotatable bonds is 10. The Hall–Kier alpha value is -6.52. The molecule has 0 aliphatic carbocycles. The van der Waals surface area contributed by atoms with Gasteiger partial charge in [-0.15, -0.1) is 0 Å². The van der Waals surface area contributed by atoms with Gasteiger partial charge in [0.1, 0.15) is 45.9 Å². The zero-order chi connectivity index (χ0) is 35.9. The van der Waals surface area contributed by atoms with E-state index < -0.39 is 58.4 Å². The highest BCUT2D eigenvalue weighted by atomic mass is 19.1. The predicted molar refractivity (Wildman–Crippen MR) is 181 cm³/mol. The van der Waals surface area contributed by atoms with Crippen molar-refractivity contribution in [3.05, 3.63) is 131 Å². The van der Waals surface area contributed by atoms with Gasteiger partial charge in [0.05, 0.1) is 12.2 Å². The molecule has 10 heteroatoms. The highest BCUT2D eigenvalue weighted by Gasteiger charge is 2.32. The average molecular weight is 673 g/mol. The van der Waals surface area contributed by atoms with Gasteiger partial charge in [-0.1, -0.05) is 84.9 Å². The Morgan fingerprint density at radius 3 is 1.22 bits per heavy atom. The predicted octanol–water partition coefficient (Wildman–Crippen LogP) is 9.76. The lowest BCUT2D eigenvalue weighted by Crippen LogP contribution is -2.14. The number of carbonyl (C=O) groups is 2. The fourth-order valence-electron chi connectivity index (χ4n) is 5.10. The fraction of sp³-hybridized carbons (Fsp3) is 0.150. The van der Waals surface area contributed by atoms with Crippen LogP contribution in [0.1, 0.15) is 59.5 Å². The fourth-order valence-corrected chi connectivity index (χ4v) is 5.10. The second-order valence-electron chi connectivity index (χ2n) is 11.5. The smallest absolute Gasteiger partial charge is 0.342 e. The summed E-state index contributed by atoms with van der Waals surface area (Å²) in [5.41, 5.74) is -0.497. The van der Waals surface area contributed by atoms with Gasteiger partial charge in [-0.25, -0.2) is 18.4 Å². The summed E-state index contributed by atoms with van der Waals surface area (Å²) in [7, 11) is 0. The number of hydrogen-bond acceptors (Lipinski definition) is 8. The van der Waals surface area contributed by atoms with Crippen molar-refractivity contribution < 1.29 is 37.3 Å². The lowest BCUT2D eigenvalue weighted by molar-refractivity contribution is 0.0363. The van der Waals surface area contributed by atoms with E-state index in [2.05, 4.69) is 0 Å². The van der Waals surface area contributed by atoms with Gasteiger partial charge in [0, 0.05) is 11.1 Å². The summed E-state index contributed by atoms with van der Waals surface area (Å²) >= 11 is 0. The molecule has 250 valence electrons. The molecule has 0 spiro atoms. The van der Waals surface area contributed by atoms with Gasteiger partial charge in [-0.2, -0.15) is 10.5 Å². The normalized spacial score (nSPS) is 10.7. The third-order valence-corrected chi connectivity index (χ3v) is 7.25. The number of esters is 2. The lowest BCUT2D eigenvalue weighted by Gasteiger charge is -2.21. The van der Waals surface area contributed by atoms with Crippen LogP contribution < -0.4 is 9.47 Å². The van der Waals surface area contributed by atoms with E-state index in [9.17, 15) is 20.1 Å². The first-order chi connectivity index (χ1) is 24.0. The molecule has 0 saturated heterocycles. The SMILES string of the molecule is CC(C)OC(=O)c1cccc(-c2ccccc2)c1Oc1c(F)c(C#N)c(C#N)c(F)c1Oc1c(C(=O)OC(C)C)cccc1-c1ccccc1. The molecule has 0 heterocycles. The molecule has 0 N–H and O–H groups in total. The van der Waals surface area contributed by atoms with Gasteiger partial charge in [-0.05, 0) is 51.0 Å². The third kappa shape index (κ3) is 7.15. The van der Waals surface area contributed by atoms with Crippen LogP contribution in [0.5, 0.6) is 23.0 Å². The van der Waals surface area contributed by atoms with E-state index in [0.29, 0.717) is 22.3 Å². The number of nitrogens with zero attached hydrogens (tertiary/aromatic N) is 2. The monoisotopic (exact) mass is 672 g/mol. The number of halogens is 2. The molecular weight excluding hydrogens is 642 g/mol. The van der Waals surface area contributed by atoms with E-state index in [0.717, 1.165) is 0 Å². The van der Waals surface area contributed by atoms with E-state index in [1.807, 2.05) is 0 Å². The Labute approximate surface area is 287 Å². The highest BCUT2D eigenvalue weighted by molar-refractivity contribution is 5.97. The summed E-state index contributed by atoms with van der Waals surface area (Å²) in [4.78, 5) is 26.7. The minimum absolute atomic E-state index is 0.139. The summed E-state index contributed by atoms with van der Waals surface area (Å²) in [6, 6.07) is 29.6. The van der Waals surface area contributed by atoms with Crippen molar-refractivity contribution in [3.63, 3.8) is 0 Å². The molecule has 8 nitrogen and oxygen atoms in total. The van der Waals surface area contributed by atoms with Gasteiger partial charge in [0.25, 0.3) is 0 Å². The molecular formula is C40H30F2N2O6. The number of para-hydroxylation sites is 2. The molecule has 0 aliphatic rings. The maximum atomic E-state index is 16.5. The zero-order valence-electron chi connectivity index (χ0n) is 27.5. The third-order valence-electron chi connectivity index (χ3n) is 7.25. The van der Waals surface area contributed by atoms with Crippen molar-refractivity contribution in [1.82, 2.24) is 0 Å². The topological polar surface area (TPSA) is 119 Å². The number of ether oxygens (including phenoxy) is 4. The van der Waals surface area contributed by atoms with Crippen LogP contribution in [0.2, 0.25) is 0 Å². The van der Waals surface area contributed by atoms with Crippen LogP contribution in [0, 0.1) is 34.3 Å². The van der Waals surface area contributed by atoms with Crippen molar-refractivity contribution in [2.45, 2.75) is 39.9 Å². The molecule has 0 fully saturated rings. The van der Waals surface area contributed by atoms with Crippen LogP contribution >= 0.6 is 0 Å². The van der Waals surface area contributed by atoms with E-state index in [1.165, 1.54) is 24.3 Å². The van der Waals surface area contributed by atoms with Crippen molar-refractivity contribution in [2.24, 2.45) is 0 Å². The largest absolute Gasteiger partial charge is 0.459 e. The highest BCUT2D eigenvalue weighted by Crippen LogP contribution is 2.48. The number of benzene rings is 5. The summed E-state index contributed by atoms with van der Waals surface area (Å²) < 4.78 is 56.2. The summed E-state index contributed by atoms with van der Waals surface area (Å²) in [5.74, 6) is -6.90. The van der Waals surface area contributed by atoms with Crippen LogP contribution in [0.4, 0.5) is 8.78 Å². The maximum absolute atomic E-state index is 16.5.